The Balaban J connectivity index is 1.36. The van der Waals surface area contributed by atoms with Gasteiger partial charge in [-0.1, -0.05) is 65.8 Å². The summed E-state index contributed by atoms with van der Waals surface area (Å²) in [7, 11) is 0. The number of hydrogen-bond donors (Lipinski definition) is 1. The summed E-state index contributed by atoms with van der Waals surface area (Å²) in [4.78, 5) is 29.4. The summed E-state index contributed by atoms with van der Waals surface area (Å²) in [5, 5.41) is 9.70. The smallest absolute Gasteiger partial charge is 0.262 e. The van der Waals surface area contributed by atoms with Crippen LogP contribution in [0.1, 0.15) is 30.0 Å². The van der Waals surface area contributed by atoms with Crippen LogP contribution in [0.3, 0.4) is 0 Å². The van der Waals surface area contributed by atoms with E-state index in [1.165, 1.54) is 23.9 Å². The van der Waals surface area contributed by atoms with Crippen molar-refractivity contribution in [1.82, 2.24) is 5.01 Å². The molecule has 2 aliphatic heterocycles. The van der Waals surface area contributed by atoms with Gasteiger partial charge in [0.15, 0.2) is 5.17 Å². The predicted octanol–water partition coefficient (Wildman–Crippen LogP) is 5.66. The highest BCUT2D eigenvalue weighted by molar-refractivity contribution is 8.15. The highest BCUT2D eigenvalue weighted by atomic mass is 35.5. The molecule has 0 fully saturated rings. The van der Waals surface area contributed by atoms with Crippen molar-refractivity contribution >= 4 is 51.7 Å². The first-order valence-electron chi connectivity index (χ1n) is 11.0. The molecule has 0 saturated carbocycles. The lowest BCUT2D eigenvalue weighted by Crippen LogP contribution is -2.25. The molecule has 2 atom stereocenters. The van der Waals surface area contributed by atoms with E-state index in [9.17, 15) is 14.0 Å². The molecular weight excluding hydrogens is 487 g/mol. The molecule has 176 valence electrons. The molecule has 2 amide bonds. The molecule has 2 heterocycles. The molecule has 1 N–H and O–H groups in total. The van der Waals surface area contributed by atoms with E-state index in [2.05, 4.69) is 10.3 Å². The second-order valence-electron chi connectivity index (χ2n) is 8.13. The van der Waals surface area contributed by atoms with Gasteiger partial charge >= 0.3 is 0 Å². The Morgan fingerprint density at radius 3 is 2.49 bits per heavy atom. The minimum atomic E-state index is -0.635. The van der Waals surface area contributed by atoms with E-state index in [-0.39, 0.29) is 30.1 Å². The lowest BCUT2D eigenvalue weighted by atomic mass is 9.99. The van der Waals surface area contributed by atoms with Gasteiger partial charge < -0.3 is 5.32 Å². The molecule has 0 aliphatic carbocycles. The Labute approximate surface area is 210 Å². The van der Waals surface area contributed by atoms with Crippen LogP contribution in [0.2, 0.25) is 5.02 Å². The SMILES string of the molecule is O=C(C[C@@H]1SC(N2N=C(c3ccc(F)cc3)C[C@H]2c2ccc(Cl)cc2)=NC1=O)Nc1ccccc1. The maximum Gasteiger partial charge on any atom is 0.262 e. The number of nitrogens with zero attached hydrogens (tertiary/aromatic N) is 3. The standard InChI is InChI=1S/C26H20ClFN4O2S/c27-18-10-6-17(7-11-18)22-14-21(16-8-12-19(28)13-9-16)31-32(22)26-30-25(34)23(35-26)15-24(33)29-20-4-2-1-3-5-20/h1-13,22-23H,14-15H2,(H,29,33)/t22-,23-/m0/s1. The monoisotopic (exact) mass is 506 g/mol. The lowest BCUT2D eigenvalue weighted by molar-refractivity contribution is -0.121. The quantitative estimate of drug-likeness (QED) is 0.484. The second kappa shape index (κ2) is 10.0. The molecule has 0 bridgehead atoms. The van der Waals surface area contributed by atoms with Gasteiger partial charge in [0.05, 0.1) is 11.8 Å². The number of anilines is 1. The van der Waals surface area contributed by atoms with Crippen molar-refractivity contribution in [2.75, 3.05) is 5.32 Å². The first-order valence-corrected chi connectivity index (χ1v) is 12.2. The number of halogens is 2. The molecule has 0 radical (unpaired) electrons. The summed E-state index contributed by atoms with van der Waals surface area (Å²) in [6, 6.07) is 22.5. The number of thioether (sulfide) groups is 1. The van der Waals surface area contributed by atoms with E-state index in [0.29, 0.717) is 22.3 Å². The zero-order chi connectivity index (χ0) is 24.4. The molecule has 6 nitrogen and oxygen atoms in total. The van der Waals surface area contributed by atoms with Gasteiger partial charge in [0, 0.05) is 23.6 Å². The molecule has 0 aromatic heterocycles. The number of para-hydroxylation sites is 1. The van der Waals surface area contributed by atoms with Crippen LogP contribution in [0.15, 0.2) is 89.0 Å². The Bertz CT molecular complexity index is 1310. The zero-order valence-corrected chi connectivity index (χ0v) is 20.0. The minimum Gasteiger partial charge on any atom is -0.326 e. The minimum absolute atomic E-state index is 0.000616. The number of benzene rings is 3. The third-order valence-corrected chi connectivity index (χ3v) is 7.09. The fourth-order valence-electron chi connectivity index (χ4n) is 3.95. The van der Waals surface area contributed by atoms with E-state index in [1.807, 2.05) is 30.3 Å². The van der Waals surface area contributed by atoms with Crippen LogP contribution in [0, 0.1) is 5.82 Å². The number of amidine groups is 1. The third-order valence-electron chi connectivity index (χ3n) is 5.70. The van der Waals surface area contributed by atoms with Crippen LogP contribution in [-0.4, -0.2) is 33.0 Å². The van der Waals surface area contributed by atoms with E-state index >= 15 is 0 Å². The first-order chi connectivity index (χ1) is 17.0. The van der Waals surface area contributed by atoms with Crippen molar-refractivity contribution in [1.29, 1.82) is 0 Å². The largest absolute Gasteiger partial charge is 0.326 e. The van der Waals surface area contributed by atoms with E-state index in [4.69, 9.17) is 16.7 Å². The van der Waals surface area contributed by atoms with Crippen molar-refractivity contribution in [3.05, 3.63) is 101 Å². The third kappa shape index (κ3) is 5.28. The zero-order valence-electron chi connectivity index (χ0n) is 18.4. The summed E-state index contributed by atoms with van der Waals surface area (Å²) >= 11 is 7.31. The van der Waals surface area contributed by atoms with Crippen molar-refractivity contribution in [2.45, 2.75) is 24.1 Å². The van der Waals surface area contributed by atoms with Crippen LogP contribution in [0.4, 0.5) is 10.1 Å². The van der Waals surface area contributed by atoms with Crippen molar-refractivity contribution in [3.63, 3.8) is 0 Å². The van der Waals surface area contributed by atoms with Crippen molar-refractivity contribution in [2.24, 2.45) is 10.1 Å². The fourth-order valence-corrected chi connectivity index (χ4v) is 5.14. The number of aliphatic imine (C=N–C) groups is 1. The number of rotatable bonds is 5. The number of hydrogen-bond acceptors (Lipinski definition) is 5. The van der Waals surface area contributed by atoms with Crippen LogP contribution in [0.5, 0.6) is 0 Å². The first kappa shape index (κ1) is 23.3. The number of hydrazone groups is 1. The molecule has 3 aromatic rings. The van der Waals surface area contributed by atoms with Gasteiger partial charge in [0.2, 0.25) is 5.91 Å². The molecule has 2 aliphatic rings. The Morgan fingerprint density at radius 2 is 1.77 bits per heavy atom. The molecule has 3 aromatic carbocycles. The van der Waals surface area contributed by atoms with Gasteiger partial charge in [-0.15, -0.1) is 0 Å². The molecule has 9 heteroatoms. The highest BCUT2D eigenvalue weighted by Gasteiger charge is 2.39. The van der Waals surface area contributed by atoms with Gasteiger partial charge in [-0.05, 0) is 47.5 Å². The lowest BCUT2D eigenvalue weighted by Gasteiger charge is -2.23. The van der Waals surface area contributed by atoms with Crippen LogP contribution in [-0.2, 0) is 9.59 Å². The topological polar surface area (TPSA) is 74.1 Å². The van der Waals surface area contributed by atoms with Gasteiger partial charge in [0.25, 0.3) is 5.91 Å². The maximum atomic E-state index is 13.4. The van der Waals surface area contributed by atoms with Crippen LogP contribution in [0.25, 0.3) is 0 Å². The second-order valence-corrected chi connectivity index (χ2v) is 9.73. The van der Waals surface area contributed by atoms with Gasteiger partial charge in [0.1, 0.15) is 11.1 Å². The van der Waals surface area contributed by atoms with E-state index in [1.54, 1.807) is 41.4 Å². The number of carbonyl (C=O) groups excluding carboxylic acids is 2. The molecule has 35 heavy (non-hydrogen) atoms. The maximum absolute atomic E-state index is 13.4. The summed E-state index contributed by atoms with van der Waals surface area (Å²) in [6.45, 7) is 0. The Kier molecular flexibility index (Phi) is 6.66. The number of amides is 2. The number of nitrogens with one attached hydrogen (secondary N) is 1. The average Bonchev–Trinajstić information content (AvgIpc) is 3.45. The van der Waals surface area contributed by atoms with Gasteiger partial charge in [-0.25, -0.2) is 9.40 Å². The summed E-state index contributed by atoms with van der Waals surface area (Å²) in [5.74, 6) is -0.949. The van der Waals surface area contributed by atoms with Gasteiger partial charge in [-0.3, -0.25) is 9.59 Å². The molecule has 0 spiro atoms. The Morgan fingerprint density at radius 1 is 1.06 bits per heavy atom. The average molecular weight is 507 g/mol. The van der Waals surface area contributed by atoms with E-state index < -0.39 is 5.25 Å². The predicted molar refractivity (Wildman–Crippen MR) is 137 cm³/mol. The number of carbonyl (C=O) groups is 2. The summed E-state index contributed by atoms with van der Waals surface area (Å²) < 4.78 is 13.4. The van der Waals surface area contributed by atoms with Crippen molar-refractivity contribution < 1.29 is 14.0 Å². The van der Waals surface area contributed by atoms with Crippen LogP contribution >= 0.6 is 23.4 Å². The van der Waals surface area contributed by atoms with Crippen LogP contribution < -0.4 is 5.32 Å². The van der Waals surface area contributed by atoms with E-state index in [0.717, 1.165) is 16.8 Å². The molecular formula is C26H20ClFN4O2S. The molecule has 0 unspecified atom stereocenters. The molecule has 5 rings (SSSR count). The highest BCUT2D eigenvalue weighted by Crippen LogP contribution is 2.39. The van der Waals surface area contributed by atoms with Gasteiger partial charge in [-0.2, -0.15) is 10.1 Å². The summed E-state index contributed by atoms with van der Waals surface area (Å²) in [5.41, 5.74) is 3.17. The summed E-state index contributed by atoms with van der Waals surface area (Å²) in [6.07, 6.45) is 0.541. The fraction of sp³-hybridized carbons (Fsp3) is 0.154. The normalized spacial score (nSPS) is 19.5. The van der Waals surface area contributed by atoms with Crippen molar-refractivity contribution in [3.8, 4) is 0 Å². The molecule has 0 saturated heterocycles. The Hall–Kier alpha value is -3.49.